The minimum Gasteiger partial charge on any atom is -0.497 e. The van der Waals surface area contributed by atoms with E-state index in [1.807, 2.05) is 55.5 Å². The van der Waals surface area contributed by atoms with E-state index in [-0.39, 0.29) is 31.4 Å². The van der Waals surface area contributed by atoms with Crippen molar-refractivity contribution < 1.29 is 33.8 Å². The number of methoxy groups -OCH3 is 1. The molecule has 0 bridgehead atoms. The number of rotatable bonds is 15. The number of aliphatic carboxylic acids is 1. The number of amides is 4. The molecule has 1 unspecified atom stereocenters. The fourth-order valence-electron chi connectivity index (χ4n) is 5.13. The number of benzene rings is 3. The average molecular weight is 646 g/mol. The van der Waals surface area contributed by atoms with E-state index in [1.165, 1.54) is 12.0 Å². The fraction of sp³-hybridized carbons (Fsp3) is 0.371. The van der Waals surface area contributed by atoms with E-state index in [1.54, 1.807) is 24.3 Å². The van der Waals surface area contributed by atoms with Crippen LogP contribution in [0.3, 0.4) is 0 Å². The van der Waals surface area contributed by atoms with E-state index in [9.17, 15) is 24.3 Å². The summed E-state index contributed by atoms with van der Waals surface area (Å²) in [6, 6.07) is 21.2. The van der Waals surface area contributed by atoms with Crippen molar-refractivity contribution in [3.63, 3.8) is 0 Å². The Morgan fingerprint density at radius 1 is 0.936 bits per heavy atom. The lowest BCUT2D eigenvalue weighted by molar-refractivity contribution is -0.139. The average Bonchev–Trinajstić information content (AvgIpc) is 3.08. The molecule has 0 saturated carbocycles. The van der Waals surface area contributed by atoms with Gasteiger partial charge in [0, 0.05) is 45.0 Å². The van der Waals surface area contributed by atoms with Crippen LogP contribution >= 0.6 is 0 Å². The van der Waals surface area contributed by atoms with Gasteiger partial charge in [-0.25, -0.2) is 4.79 Å². The Morgan fingerprint density at radius 2 is 1.62 bits per heavy atom. The monoisotopic (exact) mass is 645 g/mol. The molecule has 250 valence electrons. The number of ether oxygens (including phenoxy) is 2. The number of carboxylic acid groups (broad SMARTS) is 1. The van der Waals surface area contributed by atoms with Crippen LogP contribution in [0.1, 0.15) is 28.2 Å². The van der Waals surface area contributed by atoms with Crippen molar-refractivity contribution in [3.05, 3.63) is 95.1 Å². The van der Waals surface area contributed by atoms with Crippen molar-refractivity contribution in [2.24, 2.45) is 0 Å². The molecule has 1 saturated heterocycles. The first-order valence-electron chi connectivity index (χ1n) is 15.6. The van der Waals surface area contributed by atoms with Crippen LogP contribution in [0.25, 0.3) is 0 Å². The van der Waals surface area contributed by atoms with Gasteiger partial charge >= 0.3 is 12.0 Å². The second-order valence-corrected chi connectivity index (χ2v) is 11.4. The van der Waals surface area contributed by atoms with Crippen molar-refractivity contribution in [2.75, 3.05) is 64.9 Å². The number of nitrogens with one attached hydrogen (secondary N) is 3. The van der Waals surface area contributed by atoms with Crippen LogP contribution in [-0.2, 0) is 32.1 Å². The summed E-state index contributed by atoms with van der Waals surface area (Å²) in [6.07, 6.45) is 0.0848. The number of anilines is 1. The minimum atomic E-state index is -1.07. The topological polar surface area (TPSA) is 150 Å². The maximum Gasteiger partial charge on any atom is 0.319 e. The molecular formula is C35H43N5O7. The van der Waals surface area contributed by atoms with Crippen molar-refractivity contribution in [2.45, 2.75) is 25.8 Å². The Balaban J connectivity index is 1.33. The fourth-order valence-corrected chi connectivity index (χ4v) is 5.13. The van der Waals surface area contributed by atoms with Gasteiger partial charge in [0.2, 0.25) is 11.8 Å². The van der Waals surface area contributed by atoms with Crippen LogP contribution in [0.5, 0.6) is 5.75 Å². The van der Waals surface area contributed by atoms with Crippen LogP contribution in [0.15, 0.2) is 72.8 Å². The van der Waals surface area contributed by atoms with E-state index in [0.29, 0.717) is 44.2 Å². The zero-order chi connectivity index (χ0) is 33.6. The lowest BCUT2D eigenvalue weighted by atomic mass is 9.99. The third-order valence-corrected chi connectivity index (χ3v) is 8.02. The standard InChI is InChI=1S/C35H43N5O7/c1-25-5-3-4-6-31(25)38-35(45)37-22-27-9-7-26(8-10-27)21-33(42)40(16-15-39-17-19-47-20-18-39)24-32(41)36-23-30(34(43)44)28-11-13-29(46-2)14-12-28/h3-14,30H,15-24H2,1-2H3,(H,36,41)(H,43,44)(H2,37,38,45). The number of carboxylic acids is 1. The van der Waals surface area contributed by atoms with Gasteiger partial charge in [0.1, 0.15) is 5.75 Å². The van der Waals surface area contributed by atoms with Gasteiger partial charge in [-0.2, -0.15) is 0 Å². The van der Waals surface area contributed by atoms with Crippen molar-refractivity contribution in [3.8, 4) is 5.75 Å². The van der Waals surface area contributed by atoms with Crippen molar-refractivity contribution in [1.82, 2.24) is 20.4 Å². The van der Waals surface area contributed by atoms with Gasteiger partial charge in [-0.1, -0.05) is 54.6 Å². The molecule has 1 aliphatic heterocycles. The second-order valence-electron chi connectivity index (χ2n) is 11.4. The molecule has 4 amide bonds. The quantitative estimate of drug-likeness (QED) is 0.197. The highest BCUT2D eigenvalue weighted by atomic mass is 16.5. The zero-order valence-corrected chi connectivity index (χ0v) is 26.9. The molecule has 4 rings (SSSR count). The van der Waals surface area contributed by atoms with Crippen LogP contribution in [0.2, 0.25) is 0 Å². The SMILES string of the molecule is COc1ccc(C(CNC(=O)CN(CCN2CCOCC2)C(=O)Cc2ccc(CNC(=O)Nc3ccccc3C)cc2)C(=O)O)cc1. The number of aryl methyl sites for hydroxylation is 1. The summed E-state index contributed by atoms with van der Waals surface area (Å²) in [7, 11) is 1.53. The highest BCUT2D eigenvalue weighted by Crippen LogP contribution is 2.19. The Hall–Kier alpha value is -4.94. The Kier molecular flexibility index (Phi) is 13.1. The summed E-state index contributed by atoms with van der Waals surface area (Å²) in [5.41, 5.74) is 3.88. The zero-order valence-electron chi connectivity index (χ0n) is 26.9. The predicted molar refractivity (Wildman–Crippen MR) is 177 cm³/mol. The minimum absolute atomic E-state index is 0.0848. The van der Waals surface area contributed by atoms with Gasteiger partial charge in [-0.15, -0.1) is 0 Å². The number of carbonyl (C=O) groups is 4. The lowest BCUT2D eigenvalue weighted by Crippen LogP contribution is -2.47. The van der Waals surface area contributed by atoms with Crippen LogP contribution in [0.4, 0.5) is 10.5 Å². The maximum atomic E-state index is 13.5. The highest BCUT2D eigenvalue weighted by Gasteiger charge is 2.23. The molecule has 4 N–H and O–H groups in total. The van der Waals surface area contributed by atoms with Gasteiger partial charge < -0.3 is 35.4 Å². The third kappa shape index (κ3) is 11.1. The Morgan fingerprint density at radius 3 is 2.28 bits per heavy atom. The Labute approximate surface area is 275 Å². The van der Waals surface area contributed by atoms with Crippen LogP contribution in [-0.4, -0.2) is 98.3 Å². The van der Waals surface area contributed by atoms with Crippen LogP contribution < -0.4 is 20.7 Å². The number of urea groups is 1. The molecule has 0 aromatic heterocycles. The van der Waals surface area contributed by atoms with Gasteiger partial charge in [-0.05, 0) is 47.4 Å². The molecule has 1 atom stereocenters. The first-order chi connectivity index (χ1) is 22.7. The smallest absolute Gasteiger partial charge is 0.319 e. The summed E-state index contributed by atoms with van der Waals surface area (Å²) in [5, 5.41) is 18.2. The number of para-hydroxylation sites is 1. The summed E-state index contributed by atoms with van der Waals surface area (Å²) < 4.78 is 10.6. The van der Waals surface area contributed by atoms with E-state index >= 15 is 0 Å². The maximum absolute atomic E-state index is 13.5. The second kappa shape index (κ2) is 17.7. The van der Waals surface area contributed by atoms with Gasteiger partial charge in [-0.3, -0.25) is 19.3 Å². The number of morpholine rings is 1. The third-order valence-electron chi connectivity index (χ3n) is 8.02. The number of nitrogens with zero attached hydrogens (tertiary/aromatic N) is 2. The van der Waals surface area contributed by atoms with E-state index in [0.717, 1.165) is 35.5 Å². The molecule has 3 aromatic carbocycles. The van der Waals surface area contributed by atoms with Crippen molar-refractivity contribution >= 4 is 29.5 Å². The summed E-state index contributed by atoms with van der Waals surface area (Å²) in [4.78, 5) is 54.5. The van der Waals surface area contributed by atoms with Crippen molar-refractivity contribution in [1.29, 1.82) is 0 Å². The number of carbonyl (C=O) groups excluding carboxylic acids is 3. The molecule has 0 radical (unpaired) electrons. The van der Waals surface area contributed by atoms with Gasteiger partial charge in [0.25, 0.3) is 0 Å². The van der Waals surface area contributed by atoms with E-state index in [2.05, 4.69) is 20.9 Å². The summed E-state index contributed by atoms with van der Waals surface area (Å²) in [6.45, 7) is 5.56. The lowest BCUT2D eigenvalue weighted by Gasteiger charge is -2.30. The Bertz CT molecular complexity index is 1490. The van der Waals surface area contributed by atoms with E-state index in [4.69, 9.17) is 9.47 Å². The molecule has 12 nitrogen and oxygen atoms in total. The van der Waals surface area contributed by atoms with Crippen LogP contribution in [0, 0.1) is 6.92 Å². The molecule has 1 heterocycles. The molecule has 1 aliphatic rings. The predicted octanol–water partition coefficient (Wildman–Crippen LogP) is 3.01. The number of hydrogen-bond donors (Lipinski definition) is 4. The molecule has 1 fully saturated rings. The summed E-state index contributed by atoms with van der Waals surface area (Å²) >= 11 is 0. The molecule has 47 heavy (non-hydrogen) atoms. The molecule has 0 spiro atoms. The van der Waals surface area contributed by atoms with E-state index < -0.39 is 17.8 Å². The molecule has 3 aromatic rings. The number of hydrogen-bond acceptors (Lipinski definition) is 7. The first-order valence-corrected chi connectivity index (χ1v) is 15.6. The van der Waals surface area contributed by atoms with Gasteiger partial charge in [0.15, 0.2) is 0 Å². The molecule has 0 aliphatic carbocycles. The molecule has 12 heteroatoms. The largest absolute Gasteiger partial charge is 0.497 e. The molecular weight excluding hydrogens is 602 g/mol. The highest BCUT2D eigenvalue weighted by molar-refractivity contribution is 5.90. The van der Waals surface area contributed by atoms with Gasteiger partial charge in [0.05, 0.1) is 39.2 Å². The summed E-state index contributed by atoms with van der Waals surface area (Å²) in [5.74, 6) is -2.08. The normalized spacial score (nSPS) is 13.7. The first kappa shape index (κ1) is 34.9.